The average molecular weight is 316 g/mol. The highest BCUT2D eigenvalue weighted by Gasteiger charge is 2.27. The molecule has 0 saturated heterocycles. The van der Waals surface area contributed by atoms with Gasteiger partial charge < -0.3 is 15.7 Å². The summed E-state index contributed by atoms with van der Waals surface area (Å²) < 4.78 is 0. The van der Waals surface area contributed by atoms with Gasteiger partial charge in [0.15, 0.2) is 0 Å². The van der Waals surface area contributed by atoms with Crippen LogP contribution in [-0.4, -0.2) is 41.2 Å². The molecule has 0 aromatic heterocycles. The minimum atomic E-state index is -0.766. The average Bonchev–Trinajstić information content (AvgIpc) is 2.83. The molecule has 0 aliphatic heterocycles. The van der Waals surface area contributed by atoms with Crippen molar-refractivity contribution in [1.82, 2.24) is 10.6 Å². The highest BCUT2D eigenvalue weighted by atomic mass is 32.2. The Morgan fingerprint density at radius 2 is 2.00 bits per heavy atom. The van der Waals surface area contributed by atoms with Gasteiger partial charge in [0.25, 0.3) is 0 Å². The lowest BCUT2D eigenvalue weighted by atomic mass is 9.84. The fraction of sp³-hybridized carbons (Fsp3) is 0.867. The van der Waals surface area contributed by atoms with Gasteiger partial charge in [-0.2, -0.15) is 11.8 Å². The first-order valence-corrected chi connectivity index (χ1v) is 8.92. The van der Waals surface area contributed by atoms with Crippen LogP contribution in [0.5, 0.6) is 0 Å². The topological polar surface area (TPSA) is 78.4 Å². The molecule has 1 aliphatic carbocycles. The number of hydrogen-bond donors (Lipinski definition) is 3. The molecule has 0 aromatic rings. The van der Waals surface area contributed by atoms with Crippen LogP contribution < -0.4 is 10.6 Å². The van der Waals surface area contributed by atoms with E-state index in [1.165, 1.54) is 12.8 Å². The van der Waals surface area contributed by atoms with Gasteiger partial charge in [-0.25, -0.2) is 4.79 Å². The van der Waals surface area contributed by atoms with E-state index < -0.39 is 5.97 Å². The zero-order chi connectivity index (χ0) is 15.9. The molecule has 122 valence electrons. The van der Waals surface area contributed by atoms with Gasteiger partial charge in [0.2, 0.25) is 0 Å². The highest BCUT2D eigenvalue weighted by Crippen LogP contribution is 2.28. The quantitative estimate of drug-likeness (QED) is 0.643. The Morgan fingerprint density at radius 1 is 1.29 bits per heavy atom. The van der Waals surface area contributed by atoms with Crippen LogP contribution in [0.1, 0.15) is 52.4 Å². The molecule has 5 nitrogen and oxygen atoms in total. The van der Waals surface area contributed by atoms with Crippen LogP contribution in [-0.2, 0) is 4.79 Å². The van der Waals surface area contributed by atoms with E-state index in [4.69, 9.17) is 5.11 Å². The van der Waals surface area contributed by atoms with Crippen LogP contribution in [0.4, 0.5) is 4.79 Å². The number of urea groups is 1. The molecule has 2 unspecified atom stereocenters. The Balaban J connectivity index is 2.22. The van der Waals surface area contributed by atoms with Crippen LogP contribution in [0.3, 0.4) is 0 Å². The number of nitrogens with one attached hydrogen (secondary N) is 2. The van der Waals surface area contributed by atoms with Crippen molar-refractivity contribution in [2.24, 2.45) is 5.41 Å². The fourth-order valence-electron chi connectivity index (χ4n) is 2.68. The van der Waals surface area contributed by atoms with Gasteiger partial charge in [-0.05, 0) is 37.4 Å². The van der Waals surface area contributed by atoms with Crippen molar-refractivity contribution >= 4 is 23.8 Å². The number of carboxylic acid groups (broad SMARTS) is 1. The molecule has 2 amide bonds. The second kappa shape index (κ2) is 8.51. The molecule has 2 atom stereocenters. The smallest absolute Gasteiger partial charge is 0.315 e. The van der Waals surface area contributed by atoms with Crippen molar-refractivity contribution in [2.75, 3.05) is 12.8 Å². The maximum atomic E-state index is 11.9. The molecule has 0 radical (unpaired) electrons. The van der Waals surface area contributed by atoms with Gasteiger partial charge >= 0.3 is 12.0 Å². The van der Waals surface area contributed by atoms with E-state index in [2.05, 4.69) is 16.9 Å². The maximum absolute atomic E-state index is 11.9. The Bertz CT molecular complexity index is 361. The summed E-state index contributed by atoms with van der Waals surface area (Å²) in [6.07, 6.45) is 7.09. The van der Waals surface area contributed by atoms with E-state index in [-0.39, 0.29) is 23.9 Å². The van der Waals surface area contributed by atoms with E-state index in [1.54, 1.807) is 0 Å². The summed E-state index contributed by atoms with van der Waals surface area (Å²) in [5.41, 5.74) is -0.0686. The molecule has 0 heterocycles. The molecule has 6 heteroatoms. The number of aliphatic carboxylic acids is 1. The van der Waals surface area contributed by atoms with Gasteiger partial charge in [-0.1, -0.05) is 20.3 Å². The van der Waals surface area contributed by atoms with Crippen LogP contribution in [0.15, 0.2) is 0 Å². The summed E-state index contributed by atoms with van der Waals surface area (Å²) in [6.45, 7) is 4.65. The maximum Gasteiger partial charge on any atom is 0.315 e. The van der Waals surface area contributed by atoms with E-state index in [0.717, 1.165) is 12.8 Å². The minimum Gasteiger partial charge on any atom is -0.481 e. The summed E-state index contributed by atoms with van der Waals surface area (Å²) in [5, 5.41) is 15.2. The number of carbonyl (C=O) groups is 2. The molecule has 1 saturated carbocycles. The van der Waals surface area contributed by atoms with E-state index in [9.17, 15) is 9.59 Å². The zero-order valence-electron chi connectivity index (χ0n) is 13.3. The molecule has 1 rings (SSSR count). The summed E-state index contributed by atoms with van der Waals surface area (Å²) in [6, 6.07) is 0.176. The Kier molecular flexibility index (Phi) is 7.35. The van der Waals surface area contributed by atoms with E-state index in [0.29, 0.717) is 18.2 Å². The van der Waals surface area contributed by atoms with Gasteiger partial charge in [0, 0.05) is 24.3 Å². The Morgan fingerprint density at radius 3 is 2.62 bits per heavy atom. The molecular weight excluding hydrogens is 288 g/mol. The minimum absolute atomic E-state index is 0.0686. The number of amides is 2. The lowest BCUT2D eigenvalue weighted by molar-refractivity contribution is -0.137. The Hall–Kier alpha value is -0.910. The predicted molar refractivity (Wildman–Crippen MR) is 86.7 cm³/mol. The highest BCUT2D eigenvalue weighted by molar-refractivity contribution is 7.99. The second-order valence-electron chi connectivity index (χ2n) is 6.52. The monoisotopic (exact) mass is 316 g/mol. The molecule has 21 heavy (non-hydrogen) atoms. The SMILES string of the molecule is CSC1CCCC1NC(=O)NCCC(C)(C)CCC(=O)O. The molecule has 1 fully saturated rings. The summed E-state index contributed by atoms with van der Waals surface area (Å²) in [4.78, 5) is 22.5. The third-order valence-electron chi connectivity index (χ3n) is 4.17. The van der Waals surface area contributed by atoms with Crippen molar-refractivity contribution in [3.05, 3.63) is 0 Å². The van der Waals surface area contributed by atoms with E-state index in [1.807, 2.05) is 25.6 Å². The molecule has 0 bridgehead atoms. The molecule has 0 spiro atoms. The van der Waals surface area contributed by atoms with Gasteiger partial charge in [-0.15, -0.1) is 0 Å². The Labute approximate surface area is 131 Å². The third kappa shape index (κ3) is 7.07. The lowest BCUT2D eigenvalue weighted by Crippen LogP contribution is -2.45. The standard InChI is InChI=1S/C15H28N2O3S/c1-15(2,8-7-13(18)19)9-10-16-14(20)17-11-5-4-6-12(11)21-3/h11-12H,4-10H2,1-3H3,(H,18,19)(H2,16,17,20). The predicted octanol–water partition coefficient (Wildman–Crippen LogP) is 2.85. The first-order chi connectivity index (χ1) is 9.84. The number of rotatable bonds is 8. The first kappa shape index (κ1) is 18.1. The fourth-order valence-corrected chi connectivity index (χ4v) is 3.61. The zero-order valence-corrected chi connectivity index (χ0v) is 14.1. The van der Waals surface area contributed by atoms with Gasteiger partial charge in [-0.3, -0.25) is 4.79 Å². The molecular formula is C15H28N2O3S. The first-order valence-electron chi connectivity index (χ1n) is 7.63. The van der Waals surface area contributed by atoms with E-state index >= 15 is 0 Å². The van der Waals surface area contributed by atoms with Crippen molar-refractivity contribution in [1.29, 1.82) is 0 Å². The summed E-state index contributed by atoms with van der Waals surface area (Å²) in [5.74, 6) is -0.766. The van der Waals surface area contributed by atoms with Crippen molar-refractivity contribution in [3.8, 4) is 0 Å². The van der Waals surface area contributed by atoms with Crippen molar-refractivity contribution in [2.45, 2.75) is 63.7 Å². The van der Waals surface area contributed by atoms with Crippen LogP contribution in [0, 0.1) is 5.41 Å². The molecule has 0 aromatic carbocycles. The molecule has 1 aliphatic rings. The lowest BCUT2D eigenvalue weighted by Gasteiger charge is -2.24. The summed E-state index contributed by atoms with van der Waals surface area (Å²) >= 11 is 1.82. The largest absolute Gasteiger partial charge is 0.481 e. The second-order valence-corrected chi connectivity index (χ2v) is 7.60. The number of hydrogen-bond acceptors (Lipinski definition) is 3. The van der Waals surface area contributed by atoms with Crippen molar-refractivity contribution in [3.63, 3.8) is 0 Å². The molecule has 3 N–H and O–H groups in total. The number of carbonyl (C=O) groups excluding carboxylic acids is 1. The van der Waals surface area contributed by atoms with Crippen molar-refractivity contribution < 1.29 is 14.7 Å². The van der Waals surface area contributed by atoms with Crippen LogP contribution in [0.25, 0.3) is 0 Å². The van der Waals surface area contributed by atoms with Crippen LogP contribution >= 0.6 is 11.8 Å². The number of carboxylic acids is 1. The van der Waals surface area contributed by atoms with Gasteiger partial charge in [0.1, 0.15) is 0 Å². The number of thioether (sulfide) groups is 1. The normalized spacial score (nSPS) is 22.0. The summed E-state index contributed by atoms with van der Waals surface area (Å²) in [7, 11) is 0. The van der Waals surface area contributed by atoms with Gasteiger partial charge in [0.05, 0.1) is 0 Å². The van der Waals surface area contributed by atoms with Crippen LogP contribution in [0.2, 0.25) is 0 Å². The third-order valence-corrected chi connectivity index (χ3v) is 5.34.